The molecule has 0 aliphatic carbocycles. The molecule has 0 radical (unpaired) electrons. The number of amides is 2. The molecule has 0 aromatic heterocycles. The molecule has 130 valence electrons. The van der Waals surface area contributed by atoms with Crippen LogP contribution in [0.1, 0.15) is 24.2 Å². The highest BCUT2D eigenvalue weighted by Crippen LogP contribution is 2.27. The number of carbonyl (C=O) groups is 2. The molecule has 6 heteroatoms. The van der Waals surface area contributed by atoms with E-state index in [2.05, 4.69) is 24.4 Å². The molecule has 0 spiro atoms. The fourth-order valence-electron chi connectivity index (χ4n) is 3.31. The summed E-state index contributed by atoms with van der Waals surface area (Å²) in [6, 6.07) is 8.13. The molecular formula is C18H25N3O3. The Morgan fingerprint density at radius 1 is 1.38 bits per heavy atom. The second kappa shape index (κ2) is 7.32. The van der Waals surface area contributed by atoms with Crippen LogP contribution < -0.4 is 5.32 Å². The van der Waals surface area contributed by atoms with E-state index in [-0.39, 0.29) is 30.5 Å². The first-order valence-corrected chi connectivity index (χ1v) is 8.51. The first-order chi connectivity index (χ1) is 11.6. The zero-order valence-electron chi connectivity index (χ0n) is 14.3. The van der Waals surface area contributed by atoms with Crippen molar-refractivity contribution in [1.29, 1.82) is 0 Å². The summed E-state index contributed by atoms with van der Waals surface area (Å²) in [5.74, 6) is -0.00870. The average molecular weight is 331 g/mol. The largest absolute Gasteiger partial charge is 0.370 e. The number of aryl methyl sites for hydroxylation is 1. The Kier molecular flexibility index (Phi) is 5.16. The summed E-state index contributed by atoms with van der Waals surface area (Å²) in [6.45, 7) is 6.90. The van der Waals surface area contributed by atoms with Crippen LogP contribution in [-0.2, 0) is 14.3 Å². The van der Waals surface area contributed by atoms with E-state index < -0.39 is 0 Å². The molecule has 2 saturated heterocycles. The van der Waals surface area contributed by atoms with Crippen LogP contribution in [0.3, 0.4) is 0 Å². The van der Waals surface area contributed by atoms with Crippen molar-refractivity contribution in [1.82, 2.24) is 15.1 Å². The molecule has 0 bridgehead atoms. The van der Waals surface area contributed by atoms with E-state index in [0.29, 0.717) is 26.2 Å². The number of benzene rings is 1. The lowest BCUT2D eigenvalue weighted by Gasteiger charge is -2.40. The SMILES string of the molecule is Cc1ccccc1[C@H]1CN(C(=O)CN2CCNCC2=O)[C@@H](C)CO1. The van der Waals surface area contributed by atoms with Crippen molar-refractivity contribution < 1.29 is 14.3 Å². The van der Waals surface area contributed by atoms with Gasteiger partial charge in [-0.3, -0.25) is 9.59 Å². The smallest absolute Gasteiger partial charge is 0.242 e. The highest BCUT2D eigenvalue weighted by Gasteiger charge is 2.32. The van der Waals surface area contributed by atoms with Gasteiger partial charge in [-0.2, -0.15) is 0 Å². The van der Waals surface area contributed by atoms with Crippen LogP contribution in [0.15, 0.2) is 24.3 Å². The van der Waals surface area contributed by atoms with Crippen molar-refractivity contribution in [2.45, 2.75) is 26.0 Å². The highest BCUT2D eigenvalue weighted by atomic mass is 16.5. The van der Waals surface area contributed by atoms with Crippen molar-refractivity contribution in [2.24, 2.45) is 0 Å². The Hall–Kier alpha value is -1.92. The molecule has 1 N–H and O–H groups in total. The fourth-order valence-corrected chi connectivity index (χ4v) is 3.31. The van der Waals surface area contributed by atoms with Crippen molar-refractivity contribution in [3.63, 3.8) is 0 Å². The lowest BCUT2D eigenvalue weighted by molar-refractivity contribution is -0.149. The van der Waals surface area contributed by atoms with Crippen LogP contribution in [0, 0.1) is 6.92 Å². The molecule has 1 aromatic carbocycles. The molecular weight excluding hydrogens is 306 g/mol. The van der Waals surface area contributed by atoms with Gasteiger partial charge >= 0.3 is 0 Å². The number of rotatable bonds is 3. The van der Waals surface area contributed by atoms with Gasteiger partial charge in [0.25, 0.3) is 0 Å². The number of ether oxygens (including phenoxy) is 1. The molecule has 2 aliphatic rings. The third-order valence-corrected chi connectivity index (χ3v) is 4.80. The van der Waals surface area contributed by atoms with Gasteiger partial charge in [0, 0.05) is 13.1 Å². The maximum absolute atomic E-state index is 12.7. The van der Waals surface area contributed by atoms with E-state index in [1.165, 1.54) is 5.56 Å². The second-order valence-electron chi connectivity index (χ2n) is 6.57. The van der Waals surface area contributed by atoms with Crippen LogP contribution in [0.25, 0.3) is 0 Å². The van der Waals surface area contributed by atoms with E-state index in [9.17, 15) is 9.59 Å². The fraction of sp³-hybridized carbons (Fsp3) is 0.556. The summed E-state index contributed by atoms with van der Waals surface area (Å²) in [7, 11) is 0. The molecule has 1 aromatic rings. The number of nitrogens with zero attached hydrogens (tertiary/aromatic N) is 2. The Bertz CT molecular complexity index is 619. The molecule has 24 heavy (non-hydrogen) atoms. The molecule has 2 atom stereocenters. The topological polar surface area (TPSA) is 61.9 Å². The van der Waals surface area contributed by atoms with Gasteiger partial charge in [-0.15, -0.1) is 0 Å². The van der Waals surface area contributed by atoms with Gasteiger partial charge in [0.15, 0.2) is 0 Å². The number of morpholine rings is 1. The Morgan fingerprint density at radius 3 is 2.92 bits per heavy atom. The number of carbonyl (C=O) groups excluding carboxylic acids is 2. The molecule has 0 saturated carbocycles. The predicted molar refractivity (Wildman–Crippen MR) is 90.5 cm³/mol. The van der Waals surface area contributed by atoms with Gasteiger partial charge in [-0.05, 0) is 25.0 Å². The maximum atomic E-state index is 12.7. The molecule has 2 aliphatic heterocycles. The monoisotopic (exact) mass is 331 g/mol. The first-order valence-electron chi connectivity index (χ1n) is 8.51. The van der Waals surface area contributed by atoms with E-state index in [4.69, 9.17) is 4.74 Å². The van der Waals surface area contributed by atoms with Gasteiger partial charge in [0.1, 0.15) is 6.10 Å². The molecule has 0 unspecified atom stereocenters. The third kappa shape index (κ3) is 3.60. The summed E-state index contributed by atoms with van der Waals surface area (Å²) in [6.07, 6.45) is -0.106. The van der Waals surface area contributed by atoms with E-state index in [1.54, 1.807) is 4.90 Å². The third-order valence-electron chi connectivity index (χ3n) is 4.80. The van der Waals surface area contributed by atoms with Crippen LogP contribution in [0.4, 0.5) is 0 Å². The van der Waals surface area contributed by atoms with Gasteiger partial charge in [0.05, 0.1) is 32.3 Å². The summed E-state index contributed by atoms with van der Waals surface area (Å²) in [4.78, 5) is 28.1. The molecule has 6 nitrogen and oxygen atoms in total. The first kappa shape index (κ1) is 16.9. The molecule has 2 fully saturated rings. The van der Waals surface area contributed by atoms with E-state index >= 15 is 0 Å². The number of piperazine rings is 1. The standard InChI is InChI=1S/C18H25N3O3/c1-13-5-3-4-6-15(13)16-10-21(14(2)12-24-16)18(23)11-20-8-7-19-9-17(20)22/h3-6,14,16,19H,7-12H2,1-2H3/t14-,16+/m0/s1. The van der Waals surface area contributed by atoms with Crippen LogP contribution in [0.2, 0.25) is 0 Å². The van der Waals surface area contributed by atoms with Gasteiger partial charge in [-0.25, -0.2) is 0 Å². The Balaban J connectivity index is 1.68. The minimum Gasteiger partial charge on any atom is -0.370 e. The zero-order chi connectivity index (χ0) is 17.1. The summed E-state index contributed by atoms with van der Waals surface area (Å²) in [5, 5.41) is 3.02. The minimum absolute atomic E-state index is 0.000339. The van der Waals surface area contributed by atoms with Crippen molar-refractivity contribution >= 4 is 11.8 Å². The number of nitrogens with one attached hydrogen (secondary N) is 1. The van der Waals surface area contributed by atoms with Gasteiger partial charge in [0.2, 0.25) is 11.8 Å². The maximum Gasteiger partial charge on any atom is 0.242 e. The number of hydrogen-bond acceptors (Lipinski definition) is 4. The van der Waals surface area contributed by atoms with Gasteiger partial charge < -0.3 is 19.9 Å². The van der Waals surface area contributed by atoms with Gasteiger partial charge in [-0.1, -0.05) is 24.3 Å². The van der Waals surface area contributed by atoms with Crippen LogP contribution in [-0.4, -0.2) is 67.0 Å². The van der Waals surface area contributed by atoms with Crippen molar-refractivity contribution in [2.75, 3.05) is 39.3 Å². The molecule has 2 heterocycles. The molecule has 2 amide bonds. The minimum atomic E-state index is -0.106. The quantitative estimate of drug-likeness (QED) is 0.886. The summed E-state index contributed by atoms with van der Waals surface area (Å²) < 4.78 is 5.96. The van der Waals surface area contributed by atoms with E-state index in [0.717, 1.165) is 12.1 Å². The zero-order valence-corrected chi connectivity index (χ0v) is 14.3. The summed E-state index contributed by atoms with van der Waals surface area (Å²) in [5.41, 5.74) is 2.29. The average Bonchev–Trinajstić information content (AvgIpc) is 2.58. The summed E-state index contributed by atoms with van der Waals surface area (Å²) >= 11 is 0. The van der Waals surface area contributed by atoms with Crippen LogP contribution >= 0.6 is 0 Å². The lowest BCUT2D eigenvalue weighted by Crippen LogP contribution is -2.55. The number of hydrogen-bond donors (Lipinski definition) is 1. The predicted octanol–water partition coefficient (Wildman–Crippen LogP) is 0.715. The lowest BCUT2D eigenvalue weighted by atomic mass is 10.0. The Morgan fingerprint density at radius 2 is 2.17 bits per heavy atom. The van der Waals surface area contributed by atoms with Crippen molar-refractivity contribution in [3.05, 3.63) is 35.4 Å². The van der Waals surface area contributed by atoms with Crippen LogP contribution in [0.5, 0.6) is 0 Å². The molecule has 3 rings (SSSR count). The van der Waals surface area contributed by atoms with E-state index in [1.807, 2.05) is 24.0 Å². The van der Waals surface area contributed by atoms with Crippen molar-refractivity contribution in [3.8, 4) is 0 Å². The second-order valence-corrected chi connectivity index (χ2v) is 6.57. The normalized spacial score (nSPS) is 25.0. The highest BCUT2D eigenvalue weighted by molar-refractivity contribution is 5.86. The Labute approximate surface area is 142 Å².